The van der Waals surface area contributed by atoms with Gasteiger partial charge in [-0.25, -0.2) is 4.39 Å². The van der Waals surface area contributed by atoms with Gasteiger partial charge in [0, 0.05) is 28.2 Å². The predicted molar refractivity (Wildman–Crippen MR) is 93.7 cm³/mol. The molecule has 0 aromatic heterocycles. The van der Waals surface area contributed by atoms with Gasteiger partial charge in [-0.2, -0.15) is 0 Å². The summed E-state index contributed by atoms with van der Waals surface area (Å²) in [5.74, 6) is 0.773. The van der Waals surface area contributed by atoms with Crippen LogP contribution in [-0.2, 0) is 11.2 Å². The van der Waals surface area contributed by atoms with E-state index in [-0.39, 0.29) is 17.8 Å². The molecule has 1 aliphatic carbocycles. The first-order valence-corrected chi connectivity index (χ1v) is 9.28. The van der Waals surface area contributed by atoms with Crippen LogP contribution in [0.4, 0.5) is 4.39 Å². The number of nitrogens with one attached hydrogen (secondary N) is 1. The highest BCUT2D eigenvalue weighted by molar-refractivity contribution is 7.99. The van der Waals surface area contributed by atoms with Crippen molar-refractivity contribution in [2.24, 2.45) is 5.92 Å². The molecule has 1 saturated heterocycles. The monoisotopic (exact) mass is 341 g/mol. The van der Waals surface area contributed by atoms with Crippen molar-refractivity contribution >= 4 is 17.7 Å². The highest BCUT2D eigenvalue weighted by Gasteiger charge is 2.38. The molecule has 4 rings (SSSR count). The highest BCUT2D eigenvalue weighted by Crippen LogP contribution is 2.42. The Morgan fingerprint density at radius 2 is 2.04 bits per heavy atom. The van der Waals surface area contributed by atoms with E-state index in [4.69, 9.17) is 0 Å². The van der Waals surface area contributed by atoms with Crippen molar-refractivity contribution in [3.8, 4) is 0 Å². The van der Waals surface area contributed by atoms with E-state index in [9.17, 15) is 9.18 Å². The second-order valence-electron chi connectivity index (χ2n) is 6.81. The number of rotatable bonds is 2. The largest absolute Gasteiger partial charge is 0.353 e. The number of piperidine rings is 1. The number of amides is 1. The summed E-state index contributed by atoms with van der Waals surface area (Å²) in [6, 6.07) is 13.6. The third-order valence-electron chi connectivity index (χ3n) is 5.16. The fourth-order valence-corrected chi connectivity index (χ4v) is 5.00. The maximum Gasteiger partial charge on any atom is 0.220 e. The van der Waals surface area contributed by atoms with Gasteiger partial charge in [0.15, 0.2) is 0 Å². The second kappa shape index (κ2) is 6.25. The molecule has 0 radical (unpaired) electrons. The lowest BCUT2D eigenvalue weighted by molar-refractivity contribution is -0.125. The zero-order valence-electron chi connectivity index (χ0n) is 13.6. The molecule has 0 bridgehead atoms. The summed E-state index contributed by atoms with van der Waals surface area (Å²) in [5.41, 5.74) is 2.71. The lowest BCUT2D eigenvalue weighted by Crippen LogP contribution is -2.49. The molecule has 2 nitrogen and oxygen atoms in total. The number of halogens is 1. The molecule has 0 spiro atoms. The molecule has 1 N–H and O–H groups in total. The van der Waals surface area contributed by atoms with Crippen molar-refractivity contribution in [3.05, 3.63) is 59.4 Å². The number of aryl methyl sites for hydroxylation is 1. The number of hydrogen-bond acceptors (Lipinski definition) is 2. The molecule has 0 saturated carbocycles. The van der Waals surface area contributed by atoms with Gasteiger partial charge in [0.05, 0.1) is 0 Å². The molecule has 4 heteroatoms. The van der Waals surface area contributed by atoms with Crippen LogP contribution >= 0.6 is 11.8 Å². The van der Waals surface area contributed by atoms with Gasteiger partial charge in [0.1, 0.15) is 5.82 Å². The Morgan fingerprint density at radius 1 is 1.21 bits per heavy atom. The summed E-state index contributed by atoms with van der Waals surface area (Å²) >= 11 is 1.47. The van der Waals surface area contributed by atoms with Crippen LogP contribution in [0.15, 0.2) is 52.3 Å². The average molecular weight is 341 g/mol. The van der Waals surface area contributed by atoms with Gasteiger partial charge >= 0.3 is 0 Å². The molecule has 1 heterocycles. The van der Waals surface area contributed by atoms with Gasteiger partial charge in [-0.05, 0) is 54.2 Å². The first-order chi connectivity index (χ1) is 11.6. The first kappa shape index (κ1) is 15.7. The predicted octanol–water partition coefficient (Wildman–Crippen LogP) is 4.53. The summed E-state index contributed by atoms with van der Waals surface area (Å²) in [4.78, 5) is 13.5. The van der Waals surface area contributed by atoms with E-state index in [2.05, 4.69) is 30.4 Å². The van der Waals surface area contributed by atoms with Crippen LogP contribution in [0.3, 0.4) is 0 Å². The summed E-state index contributed by atoms with van der Waals surface area (Å²) in [6.45, 7) is 2.17. The maximum absolute atomic E-state index is 13.9. The van der Waals surface area contributed by atoms with Gasteiger partial charge in [-0.15, -0.1) is 0 Å². The molecule has 3 unspecified atom stereocenters. The normalized spacial score (nSPS) is 25.6. The van der Waals surface area contributed by atoms with Crippen LogP contribution in [-0.4, -0.2) is 11.9 Å². The number of fused-ring (bicyclic) bond motifs is 3. The molecule has 24 heavy (non-hydrogen) atoms. The average Bonchev–Trinajstić information content (AvgIpc) is 2.56. The molecule has 2 aromatic rings. The second-order valence-corrected chi connectivity index (χ2v) is 7.93. The van der Waals surface area contributed by atoms with E-state index in [1.54, 1.807) is 6.07 Å². The fourth-order valence-electron chi connectivity index (χ4n) is 4.10. The van der Waals surface area contributed by atoms with Crippen LogP contribution in [0.2, 0.25) is 0 Å². The van der Waals surface area contributed by atoms with Crippen LogP contribution in [0.1, 0.15) is 36.8 Å². The highest BCUT2D eigenvalue weighted by atomic mass is 32.2. The summed E-state index contributed by atoms with van der Waals surface area (Å²) in [5, 5.41) is 3.16. The smallest absolute Gasteiger partial charge is 0.220 e. The number of carbonyl (C=O) groups is 1. The summed E-state index contributed by atoms with van der Waals surface area (Å²) in [7, 11) is 0. The Kier molecular flexibility index (Phi) is 4.09. The van der Waals surface area contributed by atoms with Crippen molar-refractivity contribution < 1.29 is 9.18 Å². The van der Waals surface area contributed by atoms with Crippen LogP contribution < -0.4 is 5.32 Å². The maximum atomic E-state index is 13.9. The molecular weight excluding hydrogens is 321 g/mol. The van der Waals surface area contributed by atoms with Crippen LogP contribution in [0.25, 0.3) is 0 Å². The molecule has 3 atom stereocenters. The fraction of sp³-hybridized carbons (Fsp3) is 0.350. The van der Waals surface area contributed by atoms with E-state index < -0.39 is 0 Å². The number of benzene rings is 2. The third kappa shape index (κ3) is 2.84. The first-order valence-electron chi connectivity index (χ1n) is 8.46. The van der Waals surface area contributed by atoms with Gasteiger partial charge in [-0.1, -0.05) is 36.9 Å². The minimum Gasteiger partial charge on any atom is -0.353 e. The Bertz CT molecular complexity index is 791. The van der Waals surface area contributed by atoms with E-state index >= 15 is 0 Å². The molecule has 2 aliphatic rings. The SMILES string of the molecule is CC1CC(=O)NC2CCc3cc(Sc4ccccc4F)ccc3C12. The van der Waals surface area contributed by atoms with E-state index in [0.717, 1.165) is 17.7 Å². The zero-order chi connectivity index (χ0) is 16.7. The Balaban J connectivity index is 1.63. The van der Waals surface area contributed by atoms with E-state index in [1.165, 1.54) is 29.0 Å². The molecule has 1 fully saturated rings. The molecule has 2 aromatic carbocycles. The van der Waals surface area contributed by atoms with Crippen molar-refractivity contribution in [3.63, 3.8) is 0 Å². The van der Waals surface area contributed by atoms with Crippen LogP contribution in [0.5, 0.6) is 0 Å². The van der Waals surface area contributed by atoms with Gasteiger partial charge in [0.25, 0.3) is 0 Å². The Hall–Kier alpha value is -1.81. The third-order valence-corrected chi connectivity index (χ3v) is 6.20. The minimum absolute atomic E-state index is 0.177. The van der Waals surface area contributed by atoms with Gasteiger partial charge < -0.3 is 5.32 Å². The lowest BCUT2D eigenvalue weighted by Gasteiger charge is -2.41. The van der Waals surface area contributed by atoms with E-state index in [1.807, 2.05) is 12.1 Å². The molecule has 1 aliphatic heterocycles. The molecule has 1 amide bonds. The minimum atomic E-state index is -0.177. The van der Waals surface area contributed by atoms with Crippen molar-refractivity contribution in [1.29, 1.82) is 0 Å². The van der Waals surface area contributed by atoms with Gasteiger partial charge in [0.2, 0.25) is 5.91 Å². The number of hydrogen-bond donors (Lipinski definition) is 1. The van der Waals surface area contributed by atoms with E-state index in [0.29, 0.717) is 23.2 Å². The van der Waals surface area contributed by atoms with Crippen molar-refractivity contribution in [2.45, 2.75) is 47.9 Å². The Labute approximate surface area is 145 Å². The molecular formula is C20H20FNOS. The van der Waals surface area contributed by atoms with Crippen molar-refractivity contribution in [2.75, 3.05) is 0 Å². The topological polar surface area (TPSA) is 29.1 Å². The van der Waals surface area contributed by atoms with Crippen LogP contribution in [0, 0.1) is 11.7 Å². The Morgan fingerprint density at radius 3 is 2.88 bits per heavy atom. The number of carbonyl (C=O) groups excluding carboxylic acids is 1. The lowest BCUT2D eigenvalue weighted by atomic mass is 9.70. The summed E-state index contributed by atoms with van der Waals surface area (Å²) < 4.78 is 13.9. The summed E-state index contributed by atoms with van der Waals surface area (Å²) in [6.07, 6.45) is 2.56. The van der Waals surface area contributed by atoms with Gasteiger partial charge in [-0.3, -0.25) is 4.79 Å². The molecule has 124 valence electrons. The van der Waals surface area contributed by atoms with Crippen molar-refractivity contribution in [1.82, 2.24) is 5.32 Å². The quantitative estimate of drug-likeness (QED) is 0.869. The zero-order valence-corrected chi connectivity index (χ0v) is 14.4. The standard InChI is InChI=1S/C20H20FNOS/c1-12-10-19(23)22-17-9-6-13-11-14(7-8-15(13)20(12)17)24-18-5-3-2-4-16(18)21/h2-5,7-8,11-12,17,20H,6,9-10H2,1H3,(H,22,23).